The van der Waals surface area contributed by atoms with Crippen LogP contribution >= 0.6 is 0 Å². The van der Waals surface area contributed by atoms with Crippen LogP contribution in [0.25, 0.3) is 0 Å². The van der Waals surface area contributed by atoms with Crippen LogP contribution in [0.3, 0.4) is 0 Å². The van der Waals surface area contributed by atoms with Crippen LogP contribution in [-0.4, -0.2) is 143 Å². The molecule has 15 nitrogen and oxygen atoms in total. The number of amides is 1. The van der Waals surface area contributed by atoms with Gasteiger partial charge < -0.3 is 35.8 Å². The molecule has 1 amide bonds. The SMILES string of the molecule is CCOC1Nc2cc(NC(=O)CN(CCN(CCN(CC(=O)O)CC(=O)O)CC(=O)O)CC(=O)O)ccc2C(C(F)(F)F)C1C. The standard InChI is InChI=1S/C27H38F3N5O10/c1-3-45-26-16(2)25(27(28,29)30)18-5-4-17(10-19(18)32-26)31-20(36)11-34(13-22(39)40)8-6-33(12-21(37)38)7-9-35(14-23(41)42)15-24(43)44/h4-5,10,16,25-26,32H,3,6-9,11-15H2,1-2H3,(H,31,36)(H,37,38)(H,39,40)(H,41,42)(H,43,44). The van der Waals surface area contributed by atoms with Crippen molar-refractivity contribution in [3.05, 3.63) is 23.8 Å². The number of carboxylic acids is 4. The summed E-state index contributed by atoms with van der Waals surface area (Å²) in [6.45, 7) is 0.0969. The van der Waals surface area contributed by atoms with Crippen LogP contribution < -0.4 is 10.6 Å². The second-order valence-corrected chi connectivity index (χ2v) is 10.5. The van der Waals surface area contributed by atoms with Crippen molar-refractivity contribution in [1.82, 2.24) is 14.7 Å². The molecular weight excluding hydrogens is 611 g/mol. The number of alkyl halides is 3. The smallest absolute Gasteiger partial charge is 0.396 e. The van der Waals surface area contributed by atoms with Gasteiger partial charge in [0.1, 0.15) is 6.23 Å². The maximum absolute atomic E-state index is 13.9. The van der Waals surface area contributed by atoms with Crippen molar-refractivity contribution in [3.63, 3.8) is 0 Å². The van der Waals surface area contributed by atoms with Gasteiger partial charge in [-0.15, -0.1) is 0 Å². The van der Waals surface area contributed by atoms with Gasteiger partial charge in [-0.1, -0.05) is 13.0 Å². The van der Waals surface area contributed by atoms with E-state index in [1.54, 1.807) is 6.92 Å². The summed E-state index contributed by atoms with van der Waals surface area (Å²) in [7, 11) is 0. The first-order valence-electron chi connectivity index (χ1n) is 13.9. The van der Waals surface area contributed by atoms with Crippen LogP contribution in [0.15, 0.2) is 18.2 Å². The quantitative estimate of drug-likeness (QED) is 0.123. The lowest BCUT2D eigenvalue weighted by Gasteiger charge is -2.39. The summed E-state index contributed by atoms with van der Waals surface area (Å²) in [6.07, 6.45) is -5.48. The van der Waals surface area contributed by atoms with E-state index in [-0.39, 0.29) is 49.7 Å². The first kappa shape index (κ1) is 37.2. The number of ether oxygens (including phenoxy) is 1. The zero-order chi connectivity index (χ0) is 33.9. The van der Waals surface area contributed by atoms with Crippen LogP contribution in [0.5, 0.6) is 0 Å². The van der Waals surface area contributed by atoms with Gasteiger partial charge in [-0.25, -0.2) is 0 Å². The minimum atomic E-state index is -4.55. The van der Waals surface area contributed by atoms with Crippen molar-refractivity contribution >= 4 is 41.2 Å². The molecule has 0 radical (unpaired) electrons. The zero-order valence-corrected chi connectivity index (χ0v) is 24.7. The van der Waals surface area contributed by atoms with Crippen LogP contribution in [0, 0.1) is 5.92 Å². The number of rotatable bonds is 19. The molecule has 252 valence electrons. The second-order valence-electron chi connectivity index (χ2n) is 10.5. The molecule has 1 aliphatic heterocycles. The van der Waals surface area contributed by atoms with Gasteiger partial charge in [-0.05, 0) is 24.6 Å². The Kier molecular flexibility index (Phi) is 14.0. The largest absolute Gasteiger partial charge is 0.480 e. The number of carbonyl (C=O) groups is 5. The first-order chi connectivity index (χ1) is 21.0. The Bertz CT molecular complexity index is 1200. The minimum Gasteiger partial charge on any atom is -0.480 e. The number of nitrogens with zero attached hydrogens (tertiary/aromatic N) is 3. The normalized spacial score (nSPS) is 18.0. The number of hydrogen-bond acceptors (Lipinski definition) is 10. The highest BCUT2D eigenvalue weighted by Gasteiger charge is 2.50. The molecule has 1 aromatic carbocycles. The van der Waals surface area contributed by atoms with Gasteiger partial charge in [0, 0.05) is 50.1 Å². The van der Waals surface area contributed by atoms with Crippen LogP contribution in [0.1, 0.15) is 25.3 Å². The number of carbonyl (C=O) groups excluding carboxylic acids is 1. The van der Waals surface area contributed by atoms with E-state index in [4.69, 9.17) is 14.9 Å². The van der Waals surface area contributed by atoms with E-state index in [1.807, 2.05) is 0 Å². The number of anilines is 2. The van der Waals surface area contributed by atoms with Crippen molar-refractivity contribution in [3.8, 4) is 0 Å². The Morgan fingerprint density at radius 3 is 1.76 bits per heavy atom. The van der Waals surface area contributed by atoms with E-state index in [0.717, 1.165) is 4.90 Å². The van der Waals surface area contributed by atoms with Crippen molar-refractivity contribution in [1.29, 1.82) is 0 Å². The average Bonchev–Trinajstić information content (AvgIpc) is 2.88. The summed E-state index contributed by atoms with van der Waals surface area (Å²) >= 11 is 0. The first-order valence-corrected chi connectivity index (χ1v) is 13.9. The van der Waals surface area contributed by atoms with Crippen LogP contribution in [0.4, 0.5) is 24.5 Å². The molecule has 0 bridgehead atoms. The molecule has 45 heavy (non-hydrogen) atoms. The number of halogens is 3. The molecule has 0 aliphatic carbocycles. The molecule has 18 heteroatoms. The summed E-state index contributed by atoms with van der Waals surface area (Å²) in [6, 6.07) is 3.90. The lowest BCUT2D eigenvalue weighted by Crippen LogP contribution is -2.46. The summed E-state index contributed by atoms with van der Waals surface area (Å²) in [4.78, 5) is 61.4. The summed E-state index contributed by atoms with van der Waals surface area (Å²) < 4.78 is 47.3. The summed E-state index contributed by atoms with van der Waals surface area (Å²) in [5, 5.41) is 42.1. The molecule has 3 atom stereocenters. The van der Waals surface area contributed by atoms with Crippen LogP contribution in [-0.2, 0) is 28.7 Å². The number of fused-ring (bicyclic) bond motifs is 1. The van der Waals surface area contributed by atoms with Crippen molar-refractivity contribution in [2.24, 2.45) is 5.92 Å². The van der Waals surface area contributed by atoms with Gasteiger partial charge in [0.2, 0.25) is 5.91 Å². The highest BCUT2D eigenvalue weighted by Crippen LogP contribution is 2.48. The molecule has 0 saturated carbocycles. The molecule has 1 aromatic rings. The third kappa shape index (κ3) is 12.5. The number of carboxylic acid groups (broad SMARTS) is 4. The van der Waals surface area contributed by atoms with Gasteiger partial charge in [0.25, 0.3) is 0 Å². The second kappa shape index (κ2) is 16.9. The summed E-state index contributed by atoms with van der Waals surface area (Å²) in [5.41, 5.74) is 0.259. The lowest BCUT2D eigenvalue weighted by atomic mass is 9.81. The van der Waals surface area contributed by atoms with Crippen molar-refractivity contribution in [2.45, 2.75) is 32.2 Å². The topological polar surface area (TPSA) is 209 Å². The molecule has 3 unspecified atom stereocenters. The Hall–Kier alpha value is -4.00. The molecule has 1 heterocycles. The number of aliphatic carboxylic acids is 4. The molecule has 0 spiro atoms. The van der Waals surface area contributed by atoms with Gasteiger partial charge in [-0.3, -0.25) is 38.7 Å². The molecule has 0 aromatic heterocycles. The minimum absolute atomic E-state index is 0.0137. The van der Waals surface area contributed by atoms with Crippen molar-refractivity contribution in [2.75, 3.05) is 76.1 Å². The highest BCUT2D eigenvalue weighted by atomic mass is 19.4. The Labute approximate surface area is 256 Å². The Balaban J connectivity index is 2.12. The molecule has 1 aliphatic rings. The zero-order valence-electron chi connectivity index (χ0n) is 24.7. The van der Waals surface area contributed by atoms with Gasteiger partial charge in [0.05, 0.1) is 38.6 Å². The lowest BCUT2D eigenvalue weighted by molar-refractivity contribution is -0.172. The van der Waals surface area contributed by atoms with Crippen molar-refractivity contribution < 1.29 is 62.3 Å². The number of nitrogens with one attached hydrogen (secondary N) is 2. The van der Waals surface area contributed by atoms with Gasteiger partial charge in [-0.2, -0.15) is 13.2 Å². The third-order valence-corrected chi connectivity index (χ3v) is 6.94. The molecule has 0 saturated heterocycles. The van der Waals surface area contributed by atoms with Gasteiger partial charge in [0.15, 0.2) is 0 Å². The molecule has 2 rings (SSSR count). The van der Waals surface area contributed by atoms with Crippen LogP contribution in [0.2, 0.25) is 0 Å². The van der Waals surface area contributed by atoms with E-state index in [0.29, 0.717) is 0 Å². The fraction of sp³-hybridized carbons (Fsp3) is 0.593. The molecule has 0 fully saturated rings. The van der Waals surface area contributed by atoms with E-state index in [9.17, 15) is 47.4 Å². The monoisotopic (exact) mass is 649 g/mol. The van der Waals surface area contributed by atoms with E-state index in [2.05, 4.69) is 10.6 Å². The van der Waals surface area contributed by atoms with E-state index < -0.39 is 86.7 Å². The van der Waals surface area contributed by atoms with E-state index >= 15 is 0 Å². The fourth-order valence-electron chi connectivity index (χ4n) is 5.05. The third-order valence-electron chi connectivity index (χ3n) is 6.94. The number of benzene rings is 1. The fourth-order valence-corrected chi connectivity index (χ4v) is 5.05. The average molecular weight is 650 g/mol. The highest BCUT2D eigenvalue weighted by molar-refractivity contribution is 5.93. The van der Waals surface area contributed by atoms with E-state index in [1.165, 1.54) is 34.9 Å². The Morgan fingerprint density at radius 1 is 0.822 bits per heavy atom. The predicted molar refractivity (Wildman–Crippen MR) is 152 cm³/mol. The van der Waals surface area contributed by atoms with Gasteiger partial charge >= 0.3 is 30.1 Å². The maximum atomic E-state index is 13.9. The Morgan fingerprint density at radius 2 is 1.29 bits per heavy atom. The molecular formula is C27H38F3N5O10. The molecule has 6 N–H and O–H groups in total. The predicted octanol–water partition coefficient (Wildman–Crippen LogP) is 0.940. The number of hydrogen-bond donors (Lipinski definition) is 6. The summed E-state index contributed by atoms with van der Waals surface area (Å²) in [5.74, 6) is -8.51. The maximum Gasteiger partial charge on any atom is 0.396 e.